The smallest absolute Gasteiger partial charge is 0.163 e. The zero-order valence-electron chi connectivity index (χ0n) is 14.2. The molecule has 1 saturated heterocycles. The van der Waals surface area contributed by atoms with E-state index in [9.17, 15) is 0 Å². The number of fused-ring (bicyclic) bond motifs is 1. The van der Waals surface area contributed by atoms with Crippen LogP contribution in [0.15, 0.2) is 6.20 Å². The minimum absolute atomic E-state index is 0.274. The van der Waals surface area contributed by atoms with E-state index in [4.69, 9.17) is 14.5 Å². The van der Waals surface area contributed by atoms with Crippen LogP contribution in [0.5, 0.6) is 0 Å². The van der Waals surface area contributed by atoms with Gasteiger partial charge >= 0.3 is 0 Å². The Hall–Kier alpha value is -1.73. The summed E-state index contributed by atoms with van der Waals surface area (Å²) in [7, 11) is 3.56. The molecule has 7 nitrogen and oxygen atoms in total. The highest BCUT2D eigenvalue weighted by atomic mass is 16.5. The summed E-state index contributed by atoms with van der Waals surface area (Å²) in [6, 6.07) is 0. The molecule has 1 fully saturated rings. The minimum Gasteiger partial charge on any atom is -0.377 e. The molecule has 0 saturated carbocycles. The zero-order chi connectivity index (χ0) is 16.2. The summed E-state index contributed by atoms with van der Waals surface area (Å²) in [4.78, 5) is 11.6. The molecule has 1 unspecified atom stereocenters. The van der Waals surface area contributed by atoms with E-state index in [1.807, 2.05) is 13.2 Å². The number of rotatable bonds is 6. The lowest BCUT2D eigenvalue weighted by Crippen LogP contribution is -2.40. The van der Waals surface area contributed by atoms with E-state index in [0.717, 1.165) is 55.8 Å². The average Bonchev–Trinajstić information content (AvgIpc) is 2.94. The molecule has 0 aromatic carbocycles. The molecule has 2 aromatic rings. The number of methoxy groups -OCH3 is 1. The lowest BCUT2D eigenvalue weighted by atomic mass is 10.1. The van der Waals surface area contributed by atoms with E-state index in [2.05, 4.69) is 21.9 Å². The largest absolute Gasteiger partial charge is 0.377 e. The van der Waals surface area contributed by atoms with Crippen molar-refractivity contribution >= 4 is 16.9 Å². The number of ether oxygens (including phenoxy) is 2. The number of hydrogen-bond donors (Lipinski definition) is 0. The molecular weight excluding hydrogens is 294 g/mol. The van der Waals surface area contributed by atoms with Crippen LogP contribution in [0.2, 0.25) is 0 Å². The molecule has 1 aliphatic heterocycles. The average molecular weight is 319 g/mol. The quantitative estimate of drug-likeness (QED) is 0.810. The van der Waals surface area contributed by atoms with Crippen LogP contribution in [0.1, 0.15) is 32.0 Å². The summed E-state index contributed by atoms with van der Waals surface area (Å²) in [5.41, 5.74) is 0.846. The number of nitrogens with zero attached hydrogens (tertiary/aromatic N) is 5. The lowest BCUT2D eigenvalue weighted by molar-refractivity contribution is 0.0439. The molecule has 23 heavy (non-hydrogen) atoms. The Balaban J connectivity index is 1.91. The molecule has 0 aliphatic carbocycles. The van der Waals surface area contributed by atoms with Gasteiger partial charge in [-0.25, -0.2) is 9.97 Å². The van der Waals surface area contributed by atoms with E-state index < -0.39 is 0 Å². The number of anilines is 1. The Morgan fingerprint density at radius 1 is 1.35 bits per heavy atom. The Bertz CT molecular complexity index is 657. The number of hydrogen-bond acceptors (Lipinski definition) is 6. The summed E-state index contributed by atoms with van der Waals surface area (Å²) in [6.45, 7) is 5.21. The number of piperidine rings is 1. The van der Waals surface area contributed by atoms with Crippen molar-refractivity contribution < 1.29 is 9.47 Å². The van der Waals surface area contributed by atoms with Gasteiger partial charge in [0.1, 0.15) is 12.4 Å². The molecule has 2 aromatic heterocycles. The topological polar surface area (TPSA) is 65.3 Å². The highest BCUT2D eigenvalue weighted by molar-refractivity contribution is 5.87. The second kappa shape index (κ2) is 7.23. The first-order chi connectivity index (χ1) is 11.2. The summed E-state index contributed by atoms with van der Waals surface area (Å²) >= 11 is 0. The van der Waals surface area contributed by atoms with E-state index in [-0.39, 0.29) is 6.10 Å². The van der Waals surface area contributed by atoms with Gasteiger partial charge in [0, 0.05) is 33.9 Å². The fraction of sp³-hybridized carbons (Fsp3) is 0.688. The van der Waals surface area contributed by atoms with E-state index in [0.29, 0.717) is 12.4 Å². The predicted molar refractivity (Wildman–Crippen MR) is 88.5 cm³/mol. The highest BCUT2D eigenvalue weighted by Crippen LogP contribution is 2.27. The summed E-state index contributed by atoms with van der Waals surface area (Å²) in [5.74, 6) is 1.63. The molecule has 0 amide bonds. The van der Waals surface area contributed by atoms with Gasteiger partial charge in [-0.1, -0.05) is 6.92 Å². The third-order valence-corrected chi connectivity index (χ3v) is 4.13. The van der Waals surface area contributed by atoms with Crippen LogP contribution in [0, 0.1) is 0 Å². The van der Waals surface area contributed by atoms with Crippen molar-refractivity contribution in [1.82, 2.24) is 19.7 Å². The fourth-order valence-electron chi connectivity index (χ4n) is 3.04. The molecule has 1 atom stereocenters. The van der Waals surface area contributed by atoms with Crippen LogP contribution in [0.4, 0.5) is 5.82 Å². The maximum absolute atomic E-state index is 5.95. The van der Waals surface area contributed by atoms with Gasteiger partial charge < -0.3 is 14.4 Å². The van der Waals surface area contributed by atoms with Crippen LogP contribution in [0.3, 0.4) is 0 Å². The summed E-state index contributed by atoms with van der Waals surface area (Å²) in [5, 5.41) is 5.33. The first-order valence-electron chi connectivity index (χ1n) is 8.27. The Kier molecular flexibility index (Phi) is 5.07. The van der Waals surface area contributed by atoms with Crippen molar-refractivity contribution in [2.24, 2.45) is 7.05 Å². The maximum atomic E-state index is 5.95. The van der Waals surface area contributed by atoms with Gasteiger partial charge in [-0.2, -0.15) is 5.10 Å². The molecule has 0 bridgehead atoms. The van der Waals surface area contributed by atoms with Gasteiger partial charge in [0.2, 0.25) is 0 Å². The zero-order valence-corrected chi connectivity index (χ0v) is 14.2. The van der Waals surface area contributed by atoms with E-state index in [1.165, 1.54) is 0 Å². The number of aromatic nitrogens is 4. The lowest BCUT2D eigenvalue weighted by Gasteiger charge is -2.33. The summed E-state index contributed by atoms with van der Waals surface area (Å²) in [6.07, 6.45) is 5.39. The predicted octanol–water partition coefficient (Wildman–Crippen LogP) is 1.91. The van der Waals surface area contributed by atoms with Crippen molar-refractivity contribution in [3.8, 4) is 0 Å². The fourth-order valence-corrected chi connectivity index (χ4v) is 3.04. The Morgan fingerprint density at radius 3 is 3.00 bits per heavy atom. The Morgan fingerprint density at radius 2 is 2.22 bits per heavy atom. The second-order valence-corrected chi connectivity index (χ2v) is 5.98. The van der Waals surface area contributed by atoms with Crippen LogP contribution < -0.4 is 4.90 Å². The van der Waals surface area contributed by atoms with Crippen LogP contribution in [-0.4, -0.2) is 52.7 Å². The second-order valence-electron chi connectivity index (χ2n) is 5.98. The first-order valence-corrected chi connectivity index (χ1v) is 8.27. The monoisotopic (exact) mass is 319 g/mol. The van der Waals surface area contributed by atoms with Crippen LogP contribution in [0.25, 0.3) is 11.0 Å². The third kappa shape index (κ3) is 3.45. The molecule has 3 rings (SSSR count). The molecule has 1 aliphatic rings. The molecule has 126 valence electrons. The minimum atomic E-state index is 0.274. The highest BCUT2D eigenvalue weighted by Gasteiger charge is 2.24. The van der Waals surface area contributed by atoms with Crippen LogP contribution >= 0.6 is 0 Å². The Labute approximate surface area is 136 Å². The number of aryl methyl sites for hydroxylation is 1. The van der Waals surface area contributed by atoms with Crippen LogP contribution in [-0.2, 0) is 23.1 Å². The van der Waals surface area contributed by atoms with Gasteiger partial charge in [-0.3, -0.25) is 4.68 Å². The normalized spacial score (nSPS) is 18.7. The molecule has 0 N–H and O–H groups in total. The molecule has 0 spiro atoms. The summed E-state index contributed by atoms with van der Waals surface area (Å²) < 4.78 is 12.9. The van der Waals surface area contributed by atoms with E-state index in [1.54, 1.807) is 11.8 Å². The molecule has 3 heterocycles. The molecule has 7 heteroatoms. The SMILES string of the molecule is CCCOC1CCCN(c2nc(COC)nc3c2cnn3C)C1. The van der Waals surface area contributed by atoms with Crippen molar-refractivity contribution in [1.29, 1.82) is 0 Å². The standard InChI is InChI=1S/C16H25N5O2/c1-4-8-23-12-6-5-7-21(10-12)16-13-9-17-20(2)15(13)18-14(19-16)11-22-3/h9,12H,4-8,10-11H2,1-3H3. The first kappa shape index (κ1) is 16.1. The van der Waals surface area contributed by atoms with E-state index >= 15 is 0 Å². The molecule has 0 radical (unpaired) electrons. The van der Waals surface area contributed by atoms with Gasteiger partial charge in [0.15, 0.2) is 11.5 Å². The van der Waals surface area contributed by atoms with Gasteiger partial charge in [0.05, 0.1) is 17.7 Å². The van der Waals surface area contributed by atoms with Gasteiger partial charge in [0.25, 0.3) is 0 Å². The van der Waals surface area contributed by atoms with Crippen molar-refractivity contribution in [2.45, 2.75) is 38.9 Å². The van der Waals surface area contributed by atoms with Crippen molar-refractivity contribution in [2.75, 3.05) is 31.7 Å². The van der Waals surface area contributed by atoms with Gasteiger partial charge in [-0.15, -0.1) is 0 Å². The van der Waals surface area contributed by atoms with Crippen molar-refractivity contribution in [3.05, 3.63) is 12.0 Å². The van der Waals surface area contributed by atoms with Gasteiger partial charge in [-0.05, 0) is 19.3 Å². The maximum Gasteiger partial charge on any atom is 0.163 e. The third-order valence-electron chi connectivity index (χ3n) is 4.13. The molecular formula is C16H25N5O2. The van der Waals surface area contributed by atoms with Crippen molar-refractivity contribution in [3.63, 3.8) is 0 Å².